The maximum atomic E-state index is 11.8. The van der Waals surface area contributed by atoms with E-state index in [1.54, 1.807) is 19.3 Å². The second-order valence-electron chi connectivity index (χ2n) is 8.86. The van der Waals surface area contributed by atoms with Crippen molar-refractivity contribution < 1.29 is 19.5 Å². The van der Waals surface area contributed by atoms with Gasteiger partial charge in [-0.1, -0.05) is 11.3 Å². The number of urea groups is 1. The Bertz CT molecular complexity index is 1240. The van der Waals surface area contributed by atoms with Gasteiger partial charge in [-0.3, -0.25) is 9.69 Å². The molecule has 3 N–H and O–H groups in total. The third kappa shape index (κ3) is 5.09. The van der Waals surface area contributed by atoms with E-state index >= 15 is 0 Å². The molecular weight excluding hydrogens is 482 g/mol. The minimum absolute atomic E-state index is 0.408. The molecule has 0 aromatic carbocycles. The lowest BCUT2D eigenvalue weighted by molar-refractivity contribution is -0.149. The number of carbonyl (C=O) groups excluding carboxylic acids is 1. The number of nitrogens with zero attached hydrogens (tertiary/aromatic N) is 6. The summed E-state index contributed by atoms with van der Waals surface area (Å²) in [5.74, 6) is 2.75. The number of nitrogens with two attached hydrogens (primary N) is 1. The number of primary amides is 1. The van der Waals surface area contributed by atoms with E-state index in [4.69, 9.17) is 10.6 Å². The lowest BCUT2D eigenvalue weighted by Gasteiger charge is -2.36. The number of hydrogen-bond acceptors (Lipinski definition) is 9. The number of aliphatic carboxylic acids is 1. The monoisotopic (exact) mass is 511 g/mol. The minimum atomic E-state index is -0.762. The molecule has 0 radical (unpaired) electrons. The molecule has 2 aromatic heterocycles. The average molecular weight is 512 g/mol. The third-order valence-electron chi connectivity index (χ3n) is 6.46. The zero-order valence-corrected chi connectivity index (χ0v) is 21.3. The minimum Gasteiger partial charge on any atom is -0.481 e. The zero-order valence-electron chi connectivity index (χ0n) is 20.5. The molecular formula is C24H29N7O4S. The number of carboxylic acids is 1. The van der Waals surface area contributed by atoms with Crippen LogP contribution in [0.5, 0.6) is 0 Å². The van der Waals surface area contributed by atoms with Crippen LogP contribution in [0.4, 0.5) is 15.9 Å². The number of thiazole rings is 1. The van der Waals surface area contributed by atoms with Gasteiger partial charge in [0.2, 0.25) is 5.95 Å². The molecule has 0 saturated carbocycles. The van der Waals surface area contributed by atoms with E-state index in [0.29, 0.717) is 62.2 Å². The molecule has 190 valence electrons. The Hall–Kier alpha value is -3.76. The third-order valence-corrected chi connectivity index (χ3v) is 7.61. The maximum Gasteiger partial charge on any atom is 0.321 e. The van der Waals surface area contributed by atoms with Crippen molar-refractivity contribution in [1.29, 1.82) is 0 Å². The summed E-state index contributed by atoms with van der Waals surface area (Å²) in [7, 11) is 0. The molecule has 0 atom stereocenters. The fourth-order valence-corrected chi connectivity index (χ4v) is 5.24. The highest BCUT2D eigenvalue weighted by Gasteiger charge is 2.37. The summed E-state index contributed by atoms with van der Waals surface area (Å²) in [5, 5.41) is 13.9. The van der Waals surface area contributed by atoms with E-state index in [-0.39, 0.29) is 0 Å². The molecule has 1 saturated heterocycles. The Kier molecular flexibility index (Phi) is 7.37. The maximum absolute atomic E-state index is 11.8. The van der Waals surface area contributed by atoms with E-state index in [9.17, 15) is 14.7 Å². The lowest BCUT2D eigenvalue weighted by atomic mass is 9.80. The van der Waals surface area contributed by atoms with Crippen LogP contribution in [0.15, 0.2) is 23.6 Å². The molecule has 1 fully saturated rings. The SMILES string of the molecule is CCON=C=C1C=C(c2cnc(N3CCC(C)(C(=O)O)CC3)nc2)Cc2nc(N(CC)C(N)=O)sc21. The fraction of sp³-hybridized carbons (Fsp3) is 0.458. The van der Waals surface area contributed by atoms with Gasteiger partial charge in [-0.2, -0.15) is 0 Å². The number of anilines is 2. The van der Waals surface area contributed by atoms with E-state index in [1.807, 2.05) is 24.8 Å². The molecule has 2 aromatic rings. The molecule has 11 nitrogen and oxygen atoms in total. The van der Waals surface area contributed by atoms with E-state index in [2.05, 4.69) is 26.0 Å². The lowest BCUT2D eigenvalue weighted by Crippen LogP contribution is -2.43. The van der Waals surface area contributed by atoms with E-state index in [1.165, 1.54) is 16.2 Å². The Labute approximate surface area is 213 Å². The highest BCUT2D eigenvalue weighted by atomic mass is 32.1. The highest BCUT2D eigenvalue weighted by molar-refractivity contribution is 7.17. The van der Waals surface area contributed by atoms with Gasteiger partial charge in [0, 0.05) is 49.9 Å². The molecule has 0 bridgehead atoms. The van der Waals surface area contributed by atoms with Crippen molar-refractivity contribution in [1.82, 2.24) is 15.0 Å². The molecule has 4 rings (SSSR count). The van der Waals surface area contributed by atoms with Crippen LogP contribution in [-0.4, -0.2) is 64.2 Å². The summed E-state index contributed by atoms with van der Waals surface area (Å²) in [5.41, 5.74) is 8.05. The molecule has 2 amide bonds. The quantitative estimate of drug-likeness (QED) is 0.425. The van der Waals surface area contributed by atoms with Crippen LogP contribution in [-0.2, 0) is 16.1 Å². The van der Waals surface area contributed by atoms with Gasteiger partial charge >= 0.3 is 12.0 Å². The van der Waals surface area contributed by atoms with Crippen molar-refractivity contribution >= 4 is 51.4 Å². The predicted molar refractivity (Wildman–Crippen MR) is 138 cm³/mol. The summed E-state index contributed by atoms with van der Waals surface area (Å²) >= 11 is 1.36. The first-order valence-electron chi connectivity index (χ1n) is 11.8. The number of aromatic nitrogens is 3. The van der Waals surface area contributed by atoms with Crippen molar-refractivity contribution in [2.75, 3.05) is 36.0 Å². The number of fused-ring (bicyclic) bond motifs is 1. The van der Waals surface area contributed by atoms with Crippen molar-refractivity contribution in [2.24, 2.45) is 16.3 Å². The van der Waals surface area contributed by atoms with Crippen molar-refractivity contribution in [3.63, 3.8) is 0 Å². The Morgan fingerprint density at radius 2 is 2.00 bits per heavy atom. The van der Waals surface area contributed by atoms with E-state index < -0.39 is 17.4 Å². The summed E-state index contributed by atoms with van der Waals surface area (Å²) in [6.45, 7) is 7.46. The average Bonchev–Trinajstić information content (AvgIpc) is 3.28. The largest absolute Gasteiger partial charge is 0.481 e. The van der Waals surface area contributed by atoms with Gasteiger partial charge in [-0.05, 0) is 50.4 Å². The van der Waals surface area contributed by atoms with Gasteiger partial charge in [0.25, 0.3) is 0 Å². The van der Waals surface area contributed by atoms with Gasteiger partial charge < -0.3 is 20.6 Å². The molecule has 0 spiro atoms. The first-order valence-corrected chi connectivity index (χ1v) is 12.6. The number of allylic oxidation sites excluding steroid dienone is 3. The van der Waals surface area contributed by atoms with Crippen LogP contribution < -0.4 is 15.5 Å². The Morgan fingerprint density at radius 3 is 2.58 bits per heavy atom. The summed E-state index contributed by atoms with van der Waals surface area (Å²) in [6, 6.07) is -0.560. The van der Waals surface area contributed by atoms with Crippen LogP contribution in [0, 0.1) is 5.41 Å². The van der Waals surface area contributed by atoms with Crippen LogP contribution in [0.25, 0.3) is 11.1 Å². The number of hydrogen-bond donors (Lipinski definition) is 2. The summed E-state index contributed by atoms with van der Waals surface area (Å²) in [6.07, 6.45) is 7.07. The Morgan fingerprint density at radius 1 is 1.31 bits per heavy atom. The van der Waals surface area contributed by atoms with Gasteiger partial charge in [0.05, 0.1) is 21.6 Å². The Balaban J connectivity index is 1.59. The molecule has 0 unspecified atom stereocenters. The number of carbonyl (C=O) groups is 2. The molecule has 1 aliphatic carbocycles. The molecule has 12 heteroatoms. The molecule has 3 heterocycles. The highest BCUT2D eigenvalue weighted by Crippen LogP contribution is 2.39. The predicted octanol–water partition coefficient (Wildman–Crippen LogP) is 3.17. The molecule has 1 aliphatic heterocycles. The molecule has 2 aliphatic rings. The summed E-state index contributed by atoms with van der Waals surface area (Å²) < 4.78 is 0. The van der Waals surface area contributed by atoms with Gasteiger partial charge in [-0.15, -0.1) is 0 Å². The van der Waals surface area contributed by atoms with Gasteiger partial charge in [-0.25, -0.2) is 19.7 Å². The van der Waals surface area contributed by atoms with Gasteiger partial charge in [0.15, 0.2) is 5.13 Å². The number of carboxylic acid groups (broad SMARTS) is 1. The van der Waals surface area contributed by atoms with Crippen LogP contribution in [0.3, 0.4) is 0 Å². The number of piperidine rings is 1. The first kappa shape index (κ1) is 25.3. The normalized spacial score (nSPS) is 16.5. The second-order valence-corrected chi connectivity index (χ2v) is 9.84. The van der Waals surface area contributed by atoms with Crippen LogP contribution >= 0.6 is 11.3 Å². The van der Waals surface area contributed by atoms with Crippen molar-refractivity contribution in [3.05, 3.63) is 34.6 Å². The fourth-order valence-electron chi connectivity index (χ4n) is 4.12. The smallest absolute Gasteiger partial charge is 0.321 e. The summed E-state index contributed by atoms with van der Waals surface area (Å²) in [4.78, 5) is 46.6. The standard InChI is InChI=1S/C24H29N7O4S/c1-4-31(21(25)34)23-29-18-11-15(10-16(19(18)36-23)14-28-35-5-2)17-12-26-22(27-13-17)30-8-6-24(3,7-9-30)20(32)33/h10,12-13H,4-9,11H2,1-3H3,(H2,25,34)(H,32,33). The van der Waals surface area contributed by atoms with Crippen LogP contribution in [0.2, 0.25) is 0 Å². The topological polar surface area (TPSA) is 147 Å². The van der Waals surface area contributed by atoms with Crippen LogP contribution in [0.1, 0.15) is 49.7 Å². The number of amides is 2. The zero-order chi connectivity index (χ0) is 25.9. The first-order chi connectivity index (χ1) is 17.3. The van der Waals surface area contributed by atoms with Gasteiger partial charge in [0.1, 0.15) is 6.61 Å². The van der Waals surface area contributed by atoms with Crippen molar-refractivity contribution in [3.8, 4) is 0 Å². The van der Waals surface area contributed by atoms with Crippen molar-refractivity contribution in [2.45, 2.75) is 40.0 Å². The second kappa shape index (κ2) is 10.5. The number of rotatable bonds is 7. The van der Waals surface area contributed by atoms with E-state index in [0.717, 1.165) is 21.7 Å². The molecule has 36 heavy (non-hydrogen) atoms.